The highest BCUT2D eigenvalue weighted by atomic mass is 32.2. The number of hydrogen-bond acceptors (Lipinski definition) is 6. The van der Waals surface area contributed by atoms with Gasteiger partial charge in [0.1, 0.15) is 11.4 Å². The van der Waals surface area contributed by atoms with Crippen LogP contribution in [0.25, 0.3) is 10.2 Å². The molecule has 2 heterocycles. The van der Waals surface area contributed by atoms with E-state index < -0.39 is 0 Å². The topological polar surface area (TPSA) is 64.1 Å². The van der Waals surface area contributed by atoms with Crippen LogP contribution >= 0.6 is 23.1 Å². The Hall–Kier alpha value is -1.18. The predicted molar refractivity (Wildman–Crippen MR) is 86.9 cm³/mol. The van der Waals surface area contributed by atoms with E-state index in [0.29, 0.717) is 18.9 Å². The Balaban J connectivity index is 1.70. The van der Waals surface area contributed by atoms with E-state index in [2.05, 4.69) is 15.3 Å². The second kappa shape index (κ2) is 8.31. The molecule has 0 aromatic carbocycles. The minimum absolute atomic E-state index is 0.0212. The van der Waals surface area contributed by atoms with Gasteiger partial charge in [-0.3, -0.25) is 4.79 Å². The smallest absolute Gasteiger partial charge is 0.230 e. The monoisotopic (exact) mass is 325 g/mol. The number of thiophene rings is 1. The van der Waals surface area contributed by atoms with Crippen molar-refractivity contribution in [1.82, 2.24) is 15.3 Å². The van der Waals surface area contributed by atoms with Crippen LogP contribution in [0.2, 0.25) is 0 Å². The molecule has 2 rings (SSSR count). The Labute approximate surface area is 132 Å². The van der Waals surface area contributed by atoms with Crippen molar-refractivity contribution in [2.45, 2.75) is 31.4 Å². The van der Waals surface area contributed by atoms with Gasteiger partial charge in [-0.1, -0.05) is 11.8 Å². The highest BCUT2D eigenvalue weighted by Gasteiger charge is 2.08. The van der Waals surface area contributed by atoms with Gasteiger partial charge in [0.15, 0.2) is 0 Å². The van der Waals surface area contributed by atoms with Crippen molar-refractivity contribution >= 4 is 39.2 Å². The van der Waals surface area contributed by atoms with Crippen LogP contribution in [0.1, 0.15) is 20.3 Å². The van der Waals surface area contributed by atoms with E-state index in [1.54, 1.807) is 17.7 Å². The van der Waals surface area contributed by atoms with Crippen LogP contribution in [-0.2, 0) is 9.53 Å². The molecule has 1 amide bonds. The van der Waals surface area contributed by atoms with E-state index in [1.165, 1.54) is 11.8 Å². The van der Waals surface area contributed by atoms with Crippen LogP contribution in [0.5, 0.6) is 0 Å². The lowest BCUT2D eigenvalue weighted by molar-refractivity contribution is -0.118. The van der Waals surface area contributed by atoms with Gasteiger partial charge >= 0.3 is 0 Å². The summed E-state index contributed by atoms with van der Waals surface area (Å²) in [4.78, 5) is 20.2. The number of ether oxygens (including phenoxy) is 1. The number of nitrogens with one attached hydrogen (secondary N) is 1. The van der Waals surface area contributed by atoms with Crippen molar-refractivity contribution in [1.29, 1.82) is 0 Å². The van der Waals surface area contributed by atoms with Crippen LogP contribution in [0.4, 0.5) is 0 Å². The third kappa shape index (κ3) is 5.26. The molecule has 2 aromatic heterocycles. The number of thioether (sulfide) groups is 1. The fourth-order valence-corrected chi connectivity index (χ4v) is 3.45. The number of fused-ring (bicyclic) bond motifs is 1. The first-order valence-electron chi connectivity index (χ1n) is 6.86. The Bertz CT molecular complexity index is 586. The van der Waals surface area contributed by atoms with Gasteiger partial charge in [0, 0.05) is 13.2 Å². The fraction of sp³-hybridized carbons (Fsp3) is 0.500. The summed E-state index contributed by atoms with van der Waals surface area (Å²) in [5, 5.41) is 5.74. The number of carbonyl (C=O) groups is 1. The number of rotatable bonds is 8. The SMILES string of the molecule is CC(C)OCCCNC(=O)CSc1ncnc2ccsc12. The third-order valence-electron chi connectivity index (χ3n) is 2.64. The maximum absolute atomic E-state index is 11.8. The minimum Gasteiger partial charge on any atom is -0.379 e. The minimum atomic E-state index is 0.0212. The second-order valence-electron chi connectivity index (χ2n) is 4.73. The number of carbonyl (C=O) groups excluding carboxylic acids is 1. The molecule has 0 spiro atoms. The molecule has 1 N–H and O–H groups in total. The van der Waals surface area contributed by atoms with Crippen LogP contribution in [0.3, 0.4) is 0 Å². The van der Waals surface area contributed by atoms with E-state index in [0.717, 1.165) is 21.7 Å². The normalized spacial score (nSPS) is 11.2. The summed E-state index contributed by atoms with van der Waals surface area (Å²) in [5.41, 5.74) is 0.934. The van der Waals surface area contributed by atoms with Crippen LogP contribution in [0.15, 0.2) is 22.8 Å². The van der Waals surface area contributed by atoms with Gasteiger partial charge in [0.05, 0.1) is 22.1 Å². The quantitative estimate of drug-likeness (QED) is 0.459. The first kappa shape index (κ1) is 16.2. The van der Waals surface area contributed by atoms with Crippen molar-refractivity contribution < 1.29 is 9.53 Å². The van der Waals surface area contributed by atoms with E-state index >= 15 is 0 Å². The summed E-state index contributed by atoms with van der Waals surface area (Å²) in [5.74, 6) is 0.391. The number of amides is 1. The molecule has 0 atom stereocenters. The maximum Gasteiger partial charge on any atom is 0.230 e. The molecule has 0 aliphatic heterocycles. The summed E-state index contributed by atoms with van der Waals surface area (Å²) in [6.07, 6.45) is 2.61. The zero-order valence-electron chi connectivity index (χ0n) is 12.2. The fourth-order valence-electron chi connectivity index (χ4n) is 1.67. The van der Waals surface area contributed by atoms with E-state index in [4.69, 9.17) is 4.74 Å². The van der Waals surface area contributed by atoms with E-state index in [1.807, 2.05) is 25.3 Å². The molecule has 0 saturated heterocycles. The molecule has 5 nitrogen and oxygen atoms in total. The predicted octanol–water partition coefficient (Wildman–Crippen LogP) is 2.71. The molecular weight excluding hydrogens is 306 g/mol. The number of hydrogen-bond donors (Lipinski definition) is 1. The molecular formula is C14H19N3O2S2. The molecule has 2 aromatic rings. The summed E-state index contributed by atoms with van der Waals surface area (Å²) in [7, 11) is 0. The van der Waals surface area contributed by atoms with Crippen molar-refractivity contribution in [2.24, 2.45) is 0 Å². The van der Waals surface area contributed by atoms with Gasteiger partial charge in [-0.25, -0.2) is 9.97 Å². The summed E-state index contributed by atoms with van der Waals surface area (Å²) in [6.45, 7) is 5.32. The van der Waals surface area contributed by atoms with Gasteiger partial charge in [-0.15, -0.1) is 11.3 Å². The first-order chi connectivity index (χ1) is 10.2. The lowest BCUT2D eigenvalue weighted by Crippen LogP contribution is -2.27. The lowest BCUT2D eigenvalue weighted by Gasteiger charge is -2.08. The average molecular weight is 325 g/mol. The Kier molecular flexibility index (Phi) is 6.41. The van der Waals surface area contributed by atoms with Crippen molar-refractivity contribution in [2.75, 3.05) is 18.9 Å². The van der Waals surface area contributed by atoms with Crippen molar-refractivity contribution in [3.8, 4) is 0 Å². The molecule has 0 radical (unpaired) electrons. The Morgan fingerprint density at radius 2 is 2.33 bits per heavy atom. The first-order valence-corrected chi connectivity index (χ1v) is 8.72. The van der Waals surface area contributed by atoms with E-state index in [9.17, 15) is 4.79 Å². The van der Waals surface area contributed by atoms with Gasteiger partial charge in [0.25, 0.3) is 0 Å². The van der Waals surface area contributed by atoms with Crippen LogP contribution < -0.4 is 5.32 Å². The number of nitrogens with zero attached hydrogens (tertiary/aromatic N) is 2. The summed E-state index contributed by atoms with van der Waals surface area (Å²) >= 11 is 3.05. The van der Waals surface area contributed by atoms with Gasteiger partial charge < -0.3 is 10.1 Å². The zero-order chi connectivity index (χ0) is 15.1. The highest BCUT2D eigenvalue weighted by molar-refractivity contribution is 8.00. The molecule has 0 fully saturated rings. The Morgan fingerprint density at radius 3 is 3.14 bits per heavy atom. The number of aromatic nitrogens is 2. The largest absolute Gasteiger partial charge is 0.379 e. The highest BCUT2D eigenvalue weighted by Crippen LogP contribution is 2.28. The van der Waals surface area contributed by atoms with Crippen molar-refractivity contribution in [3.05, 3.63) is 17.8 Å². The van der Waals surface area contributed by atoms with Gasteiger partial charge in [-0.2, -0.15) is 0 Å². The third-order valence-corrected chi connectivity index (χ3v) is 4.67. The molecule has 0 bridgehead atoms. The molecule has 0 aliphatic carbocycles. The molecule has 0 unspecified atom stereocenters. The lowest BCUT2D eigenvalue weighted by atomic mass is 10.4. The van der Waals surface area contributed by atoms with Crippen LogP contribution in [0, 0.1) is 0 Å². The molecule has 0 saturated carbocycles. The summed E-state index contributed by atoms with van der Waals surface area (Å²) < 4.78 is 6.46. The second-order valence-corrected chi connectivity index (χ2v) is 6.61. The molecule has 0 aliphatic rings. The van der Waals surface area contributed by atoms with E-state index in [-0.39, 0.29) is 12.0 Å². The standard InChI is InChI=1S/C14H19N3O2S2/c1-10(2)19-6-3-5-15-12(18)8-21-14-13-11(4-7-20-13)16-9-17-14/h4,7,9-10H,3,5-6,8H2,1-2H3,(H,15,18). The van der Waals surface area contributed by atoms with Gasteiger partial charge in [0.2, 0.25) is 5.91 Å². The average Bonchev–Trinajstić information content (AvgIpc) is 2.93. The maximum atomic E-state index is 11.8. The van der Waals surface area contributed by atoms with Crippen molar-refractivity contribution in [3.63, 3.8) is 0 Å². The zero-order valence-corrected chi connectivity index (χ0v) is 13.8. The molecule has 7 heteroatoms. The molecule has 21 heavy (non-hydrogen) atoms. The molecule has 114 valence electrons. The van der Waals surface area contributed by atoms with Crippen LogP contribution in [-0.4, -0.2) is 40.9 Å². The summed E-state index contributed by atoms with van der Waals surface area (Å²) in [6, 6.07) is 1.96. The Morgan fingerprint density at radius 1 is 1.48 bits per heavy atom. The van der Waals surface area contributed by atoms with Gasteiger partial charge in [-0.05, 0) is 31.7 Å².